The predicted octanol–water partition coefficient (Wildman–Crippen LogP) is 14.1. The van der Waals surface area contributed by atoms with E-state index in [4.69, 9.17) is 9.97 Å². The third-order valence-corrected chi connectivity index (χ3v) is 12.7. The van der Waals surface area contributed by atoms with Crippen molar-refractivity contribution in [1.29, 1.82) is 0 Å². The maximum Gasteiger partial charge on any atom is 0.0769 e. The summed E-state index contributed by atoms with van der Waals surface area (Å²) in [6.45, 7) is 18.2. The molecule has 2 aliphatic rings. The lowest BCUT2D eigenvalue weighted by Crippen LogP contribution is -2.00. The molecular formula is C52H48N4. The molecule has 0 fully saturated rings. The molecule has 4 aromatic carbocycles. The lowest BCUT2D eigenvalue weighted by molar-refractivity contribution is 0.657. The minimum atomic E-state index is 0.157. The molecular weight excluding hydrogens is 681 g/mol. The van der Waals surface area contributed by atoms with Crippen LogP contribution in [0.5, 0.6) is 0 Å². The van der Waals surface area contributed by atoms with Gasteiger partial charge < -0.3 is 9.97 Å². The molecule has 0 radical (unpaired) electrons. The van der Waals surface area contributed by atoms with E-state index in [1.807, 2.05) is 0 Å². The molecule has 2 unspecified atom stereocenters. The van der Waals surface area contributed by atoms with Crippen LogP contribution in [-0.2, 0) is 0 Å². The zero-order chi connectivity index (χ0) is 38.8. The number of rotatable bonds is 4. The average Bonchev–Trinajstić information content (AvgIpc) is 3.89. The van der Waals surface area contributed by atoms with Crippen molar-refractivity contribution in [3.8, 4) is 44.5 Å². The van der Waals surface area contributed by atoms with Crippen molar-refractivity contribution in [2.75, 3.05) is 0 Å². The van der Waals surface area contributed by atoms with Gasteiger partial charge in [-0.3, -0.25) is 4.98 Å². The first-order valence-corrected chi connectivity index (χ1v) is 19.9. The summed E-state index contributed by atoms with van der Waals surface area (Å²) in [5, 5.41) is 0. The smallest absolute Gasteiger partial charge is 0.0769 e. The van der Waals surface area contributed by atoms with Crippen LogP contribution in [0.1, 0.15) is 84.6 Å². The number of benzene rings is 4. The predicted molar refractivity (Wildman–Crippen MR) is 237 cm³/mol. The van der Waals surface area contributed by atoms with Gasteiger partial charge in [-0.25, -0.2) is 4.98 Å². The molecule has 7 aromatic rings. The largest absolute Gasteiger partial charge is 0.354 e. The Morgan fingerprint density at radius 3 is 0.929 bits per heavy atom. The van der Waals surface area contributed by atoms with Crippen LogP contribution in [0.25, 0.3) is 77.7 Å². The van der Waals surface area contributed by atoms with Crippen LogP contribution in [0.15, 0.2) is 121 Å². The van der Waals surface area contributed by atoms with Gasteiger partial charge >= 0.3 is 0 Å². The van der Waals surface area contributed by atoms with Gasteiger partial charge in [-0.1, -0.05) is 135 Å². The highest BCUT2D eigenvalue weighted by atomic mass is 14.8. The molecule has 0 saturated heterocycles. The highest BCUT2D eigenvalue weighted by molar-refractivity contribution is 6.05. The quantitative estimate of drug-likeness (QED) is 0.190. The standard InChI is InChI=1S/C52H48N4/c1-29-30(2)46-42(38-23-15-10-16-24-38)48-33(5)34(6)50(55-48)44(40-27-19-12-20-28-40)52-36(8)35(7)51(56-52)43(39-25-17-11-18-26-39)49-32(4)31(3)47(54-49)41(45(29)53-46)37-21-13-9-14-22-37/h9-30,54-55H,1-8H3. The van der Waals surface area contributed by atoms with Crippen LogP contribution in [0, 0.1) is 27.7 Å². The SMILES string of the molecule is CC1=C(C)c2nc1c(-c1ccccc1)c1[nH]c(c(C)c1C)c(-c1ccccc1)c1nc(c(-c3ccccc3)c3[nH]c(c(C)c3C)c2-c2ccccc2)C(C)C1C. The third kappa shape index (κ3) is 5.50. The van der Waals surface area contributed by atoms with Crippen molar-refractivity contribution in [1.82, 2.24) is 19.9 Å². The van der Waals surface area contributed by atoms with Crippen molar-refractivity contribution < 1.29 is 0 Å². The van der Waals surface area contributed by atoms with Gasteiger partial charge in [-0.2, -0.15) is 0 Å². The summed E-state index contributed by atoms with van der Waals surface area (Å²) >= 11 is 0. The first-order chi connectivity index (χ1) is 27.2. The number of aromatic amines is 2. The van der Waals surface area contributed by atoms with Crippen LogP contribution in [0.2, 0.25) is 0 Å². The van der Waals surface area contributed by atoms with E-state index in [1.165, 1.54) is 33.4 Å². The Bertz CT molecular complexity index is 2670. The fourth-order valence-corrected chi connectivity index (χ4v) is 8.93. The van der Waals surface area contributed by atoms with E-state index < -0.39 is 0 Å². The second kappa shape index (κ2) is 13.8. The minimum absolute atomic E-state index is 0.157. The number of aryl methyl sites for hydroxylation is 4. The number of hydrogen-bond acceptors (Lipinski definition) is 2. The Labute approximate surface area is 330 Å². The van der Waals surface area contributed by atoms with Crippen molar-refractivity contribution in [3.05, 3.63) is 166 Å². The van der Waals surface area contributed by atoms with Gasteiger partial charge in [0.15, 0.2) is 0 Å². The Morgan fingerprint density at radius 2 is 0.625 bits per heavy atom. The van der Waals surface area contributed by atoms with Gasteiger partial charge in [0.2, 0.25) is 0 Å². The van der Waals surface area contributed by atoms with Gasteiger partial charge in [0.25, 0.3) is 0 Å². The highest BCUT2D eigenvalue weighted by Gasteiger charge is 2.33. The van der Waals surface area contributed by atoms with Gasteiger partial charge in [-0.05, 0) is 97.2 Å². The molecule has 56 heavy (non-hydrogen) atoms. The molecule has 0 aliphatic carbocycles. The average molecular weight is 729 g/mol. The lowest BCUT2D eigenvalue weighted by atomic mass is 9.86. The van der Waals surface area contributed by atoms with E-state index in [2.05, 4.69) is 187 Å². The van der Waals surface area contributed by atoms with E-state index in [0.717, 1.165) is 89.4 Å². The molecule has 3 aromatic heterocycles. The summed E-state index contributed by atoms with van der Waals surface area (Å²) in [7, 11) is 0. The van der Waals surface area contributed by atoms with Gasteiger partial charge in [-0.15, -0.1) is 0 Å². The molecule has 9 rings (SSSR count). The van der Waals surface area contributed by atoms with E-state index in [-0.39, 0.29) is 11.8 Å². The zero-order valence-electron chi connectivity index (χ0n) is 33.6. The van der Waals surface area contributed by atoms with E-state index in [9.17, 15) is 0 Å². The number of allylic oxidation sites excluding steroid dienone is 2. The van der Waals surface area contributed by atoms with Crippen molar-refractivity contribution >= 4 is 33.2 Å². The topological polar surface area (TPSA) is 57.4 Å². The van der Waals surface area contributed by atoms with Crippen LogP contribution in [0.4, 0.5) is 0 Å². The number of fused-ring (bicyclic) bond motifs is 8. The second-order valence-corrected chi connectivity index (χ2v) is 15.7. The van der Waals surface area contributed by atoms with Crippen molar-refractivity contribution in [3.63, 3.8) is 0 Å². The molecule has 0 spiro atoms. The summed E-state index contributed by atoms with van der Waals surface area (Å²) in [6, 6.07) is 43.2. The molecule has 0 saturated carbocycles. The molecule has 2 N–H and O–H groups in total. The zero-order valence-corrected chi connectivity index (χ0v) is 33.6. The summed E-state index contributed by atoms with van der Waals surface area (Å²) < 4.78 is 0. The Morgan fingerprint density at radius 1 is 0.357 bits per heavy atom. The van der Waals surface area contributed by atoms with Crippen LogP contribution < -0.4 is 0 Å². The summed E-state index contributed by atoms with van der Waals surface area (Å²) in [6.07, 6.45) is 0. The molecule has 8 bridgehead atoms. The number of aromatic nitrogens is 4. The number of nitrogens with one attached hydrogen (secondary N) is 2. The van der Waals surface area contributed by atoms with Crippen molar-refractivity contribution in [2.24, 2.45) is 0 Å². The van der Waals surface area contributed by atoms with E-state index >= 15 is 0 Å². The number of H-pyrrole nitrogens is 2. The Hall–Kier alpha value is -6.26. The highest BCUT2D eigenvalue weighted by Crippen LogP contribution is 2.48. The summed E-state index contributed by atoms with van der Waals surface area (Å²) in [5.74, 6) is 0.314. The number of nitrogens with zero attached hydrogens (tertiary/aromatic N) is 2. The summed E-state index contributed by atoms with van der Waals surface area (Å²) in [5.41, 5.74) is 24.9. The van der Waals surface area contributed by atoms with E-state index in [0.29, 0.717) is 0 Å². The molecule has 4 nitrogen and oxygen atoms in total. The fraction of sp³-hybridized carbons (Fsp3) is 0.192. The first-order valence-electron chi connectivity index (χ1n) is 19.9. The lowest BCUT2D eigenvalue weighted by Gasteiger charge is -2.15. The van der Waals surface area contributed by atoms with Crippen LogP contribution in [-0.4, -0.2) is 19.9 Å². The van der Waals surface area contributed by atoms with Gasteiger partial charge in [0.1, 0.15) is 0 Å². The molecule has 4 heteroatoms. The molecule has 2 atom stereocenters. The first kappa shape index (κ1) is 35.4. The molecule has 0 amide bonds. The van der Waals surface area contributed by atoms with Gasteiger partial charge in [0.05, 0.1) is 44.8 Å². The van der Waals surface area contributed by atoms with Gasteiger partial charge in [0, 0.05) is 34.1 Å². The molecule has 276 valence electrons. The maximum absolute atomic E-state index is 5.79. The minimum Gasteiger partial charge on any atom is -0.354 e. The summed E-state index contributed by atoms with van der Waals surface area (Å²) in [4.78, 5) is 19.7. The number of hydrogen-bond donors (Lipinski definition) is 2. The molecule has 5 heterocycles. The van der Waals surface area contributed by atoms with Crippen molar-refractivity contribution in [2.45, 2.75) is 67.2 Å². The second-order valence-electron chi connectivity index (χ2n) is 15.7. The van der Waals surface area contributed by atoms with E-state index in [1.54, 1.807) is 0 Å². The maximum atomic E-state index is 5.79. The third-order valence-electron chi connectivity index (χ3n) is 12.7. The Balaban J connectivity index is 1.62. The fourth-order valence-electron chi connectivity index (χ4n) is 8.93. The normalized spacial score (nSPS) is 15.4. The van der Waals surface area contributed by atoms with Crippen LogP contribution in [0.3, 0.4) is 0 Å². The van der Waals surface area contributed by atoms with Crippen LogP contribution >= 0.6 is 0 Å². The Kier molecular flexibility index (Phi) is 8.73. The molecule has 2 aliphatic heterocycles. The monoisotopic (exact) mass is 728 g/mol.